The van der Waals surface area contributed by atoms with Crippen LogP contribution in [-0.4, -0.2) is 6.54 Å². The molecule has 0 spiro atoms. The second kappa shape index (κ2) is 9.61. The maximum absolute atomic E-state index is 14.8. The molecule has 1 atom stereocenters. The van der Waals surface area contributed by atoms with Crippen LogP contribution in [0.4, 0.5) is 5.69 Å². The highest BCUT2D eigenvalue weighted by molar-refractivity contribution is 7.72. The lowest BCUT2D eigenvalue weighted by Crippen LogP contribution is -2.29. The molecule has 0 aliphatic rings. The Balaban J connectivity index is 1.77. The van der Waals surface area contributed by atoms with Crippen LogP contribution < -0.4 is 9.97 Å². The molecule has 4 rings (SSSR count). The van der Waals surface area contributed by atoms with Crippen molar-refractivity contribution in [3.05, 3.63) is 132 Å². The third-order valence-corrected chi connectivity index (χ3v) is 8.41. The molecule has 30 heavy (non-hydrogen) atoms. The van der Waals surface area contributed by atoms with Crippen LogP contribution in [0.1, 0.15) is 11.1 Å². The fourth-order valence-corrected chi connectivity index (χ4v) is 6.67. The van der Waals surface area contributed by atoms with Gasteiger partial charge < -0.3 is 4.67 Å². The Kier molecular flexibility index (Phi) is 6.47. The fourth-order valence-electron chi connectivity index (χ4n) is 3.76. The van der Waals surface area contributed by atoms with Crippen molar-refractivity contribution in [3.63, 3.8) is 0 Å². The van der Waals surface area contributed by atoms with Gasteiger partial charge in [0.2, 0.25) is 7.29 Å². The highest BCUT2D eigenvalue weighted by atomic mass is 31.2. The first kappa shape index (κ1) is 20.2. The predicted octanol–water partition coefficient (Wildman–Crippen LogP) is 6.54. The van der Waals surface area contributed by atoms with Crippen LogP contribution in [0.15, 0.2) is 121 Å². The average molecular weight is 411 g/mol. The van der Waals surface area contributed by atoms with Crippen LogP contribution in [0.3, 0.4) is 0 Å². The van der Waals surface area contributed by atoms with E-state index >= 15 is 0 Å². The third kappa shape index (κ3) is 4.72. The Hall–Kier alpha value is -3.09. The van der Waals surface area contributed by atoms with Crippen molar-refractivity contribution in [3.8, 4) is 0 Å². The van der Waals surface area contributed by atoms with Gasteiger partial charge in [0.05, 0.1) is 0 Å². The van der Waals surface area contributed by atoms with E-state index < -0.39 is 7.29 Å². The zero-order chi connectivity index (χ0) is 20.7. The predicted molar refractivity (Wildman–Crippen MR) is 128 cm³/mol. The van der Waals surface area contributed by atoms with Crippen molar-refractivity contribution in [1.82, 2.24) is 0 Å². The summed E-state index contributed by atoms with van der Waals surface area (Å²) in [4.78, 5) is 0. The van der Waals surface area contributed by atoms with Gasteiger partial charge in [0, 0.05) is 23.7 Å². The molecule has 0 aliphatic carbocycles. The normalized spacial score (nSPS) is 12.8. The molecular formula is C27H26NOP. The van der Waals surface area contributed by atoms with E-state index in [0.29, 0.717) is 12.7 Å². The van der Waals surface area contributed by atoms with Crippen LogP contribution >= 0.6 is 7.29 Å². The summed E-state index contributed by atoms with van der Waals surface area (Å²) >= 11 is 0. The maximum Gasteiger partial charge on any atom is 0.205 e. The first-order valence-electron chi connectivity index (χ1n) is 10.3. The smallest absolute Gasteiger partial charge is 0.205 e. The Bertz CT molecular complexity index is 1080. The van der Waals surface area contributed by atoms with Crippen molar-refractivity contribution >= 4 is 18.3 Å². The molecule has 4 aromatic carbocycles. The summed E-state index contributed by atoms with van der Waals surface area (Å²) in [5.74, 6) is 0. The number of rotatable bonds is 8. The number of hydrogen-bond acceptors (Lipinski definition) is 1. The van der Waals surface area contributed by atoms with Gasteiger partial charge in [0.1, 0.15) is 0 Å². The Morgan fingerprint density at radius 2 is 1.03 bits per heavy atom. The molecule has 0 fully saturated rings. The lowest BCUT2D eigenvalue weighted by molar-refractivity contribution is 0.576. The van der Waals surface area contributed by atoms with Gasteiger partial charge in [-0.1, -0.05) is 97.1 Å². The highest BCUT2D eigenvalue weighted by Gasteiger charge is 2.33. The van der Waals surface area contributed by atoms with Crippen LogP contribution in [-0.2, 0) is 17.1 Å². The minimum Gasteiger partial charge on any atom is -0.318 e. The Labute approximate surface area is 179 Å². The zero-order valence-electron chi connectivity index (χ0n) is 17.0. The molecule has 2 nitrogen and oxygen atoms in total. The van der Waals surface area contributed by atoms with Crippen molar-refractivity contribution < 1.29 is 4.57 Å². The lowest BCUT2D eigenvalue weighted by atomic mass is 10.1. The van der Waals surface area contributed by atoms with E-state index in [1.165, 1.54) is 5.56 Å². The van der Waals surface area contributed by atoms with Crippen LogP contribution in [0.2, 0.25) is 0 Å². The molecule has 0 saturated heterocycles. The monoisotopic (exact) mass is 411 g/mol. The van der Waals surface area contributed by atoms with Gasteiger partial charge >= 0.3 is 0 Å². The molecule has 0 radical (unpaired) electrons. The van der Waals surface area contributed by atoms with E-state index in [0.717, 1.165) is 23.0 Å². The summed E-state index contributed by atoms with van der Waals surface area (Å²) in [7, 11) is -2.93. The van der Waals surface area contributed by atoms with Crippen molar-refractivity contribution in [2.75, 3.05) is 11.2 Å². The SMILES string of the molecule is O=[P@](Cc1ccccc1)(c1ccccc1)N(CCc1ccccc1)c1ccccc1. The summed E-state index contributed by atoms with van der Waals surface area (Å²) < 4.78 is 17.0. The first-order valence-corrected chi connectivity index (χ1v) is 12.2. The van der Waals surface area contributed by atoms with Gasteiger partial charge in [-0.25, -0.2) is 0 Å². The molecule has 0 bridgehead atoms. The quantitative estimate of drug-likeness (QED) is 0.307. The van der Waals surface area contributed by atoms with Crippen molar-refractivity contribution in [2.45, 2.75) is 12.6 Å². The van der Waals surface area contributed by atoms with Gasteiger partial charge in [-0.15, -0.1) is 0 Å². The summed E-state index contributed by atoms with van der Waals surface area (Å²) in [6.45, 7) is 0.688. The van der Waals surface area contributed by atoms with Crippen LogP contribution in [0.5, 0.6) is 0 Å². The summed E-state index contributed by atoms with van der Waals surface area (Å²) in [6, 6.07) is 40.7. The van der Waals surface area contributed by atoms with E-state index in [9.17, 15) is 4.57 Å². The number of hydrogen-bond donors (Lipinski definition) is 0. The summed E-state index contributed by atoms with van der Waals surface area (Å²) in [5.41, 5.74) is 3.33. The van der Waals surface area contributed by atoms with E-state index in [2.05, 4.69) is 53.2 Å². The minimum atomic E-state index is -2.93. The van der Waals surface area contributed by atoms with Crippen LogP contribution in [0, 0.1) is 0 Å². The number of para-hydroxylation sites is 1. The zero-order valence-corrected chi connectivity index (χ0v) is 17.9. The van der Waals surface area contributed by atoms with Gasteiger partial charge in [0.15, 0.2) is 0 Å². The topological polar surface area (TPSA) is 20.3 Å². The van der Waals surface area contributed by atoms with Gasteiger partial charge in [-0.3, -0.25) is 4.57 Å². The number of anilines is 1. The van der Waals surface area contributed by atoms with Crippen molar-refractivity contribution in [2.24, 2.45) is 0 Å². The van der Waals surface area contributed by atoms with Gasteiger partial charge in [-0.05, 0) is 41.8 Å². The first-order chi connectivity index (χ1) is 14.8. The summed E-state index contributed by atoms with van der Waals surface area (Å²) in [6.07, 6.45) is 1.34. The summed E-state index contributed by atoms with van der Waals surface area (Å²) in [5, 5.41) is 0.894. The standard InChI is InChI=1S/C27H26NOP/c29-30(27-19-11-4-12-20-27,23-25-15-7-2-8-16-25)28(26-17-9-3-10-18-26)22-21-24-13-5-1-6-14-24/h1-20H,21-23H2/t30-/m1/s1. The largest absolute Gasteiger partial charge is 0.318 e. The van der Waals surface area contributed by atoms with E-state index in [-0.39, 0.29) is 0 Å². The lowest BCUT2D eigenvalue weighted by Gasteiger charge is -2.34. The molecule has 0 aliphatic heterocycles. The molecule has 0 aromatic heterocycles. The third-order valence-electron chi connectivity index (χ3n) is 5.30. The van der Waals surface area contributed by atoms with E-state index in [1.807, 2.05) is 72.8 Å². The molecule has 0 N–H and O–H groups in total. The van der Waals surface area contributed by atoms with Crippen LogP contribution in [0.25, 0.3) is 0 Å². The highest BCUT2D eigenvalue weighted by Crippen LogP contribution is 2.53. The Morgan fingerprint density at radius 1 is 0.567 bits per heavy atom. The van der Waals surface area contributed by atoms with E-state index in [4.69, 9.17) is 0 Å². The molecule has 3 heteroatoms. The van der Waals surface area contributed by atoms with Gasteiger partial charge in [-0.2, -0.15) is 0 Å². The Morgan fingerprint density at radius 3 is 1.60 bits per heavy atom. The second-order valence-electron chi connectivity index (χ2n) is 7.38. The van der Waals surface area contributed by atoms with Gasteiger partial charge in [0.25, 0.3) is 0 Å². The second-order valence-corrected chi connectivity index (χ2v) is 10.1. The molecule has 150 valence electrons. The number of nitrogens with zero attached hydrogens (tertiary/aromatic N) is 1. The number of benzene rings is 4. The molecule has 4 aromatic rings. The molecular weight excluding hydrogens is 385 g/mol. The van der Waals surface area contributed by atoms with Crippen molar-refractivity contribution in [1.29, 1.82) is 0 Å². The van der Waals surface area contributed by atoms with E-state index in [1.54, 1.807) is 0 Å². The molecule has 0 unspecified atom stereocenters. The molecule has 0 heterocycles. The maximum atomic E-state index is 14.8. The fraction of sp³-hybridized carbons (Fsp3) is 0.111. The average Bonchev–Trinajstić information content (AvgIpc) is 2.82. The minimum absolute atomic E-state index is 0.502. The molecule has 0 amide bonds. The molecule has 0 saturated carbocycles.